The van der Waals surface area contributed by atoms with E-state index in [0.29, 0.717) is 20.0 Å². The average Bonchev–Trinajstić information content (AvgIpc) is 2.21. The van der Waals surface area contributed by atoms with Crippen LogP contribution in [0.3, 0.4) is 0 Å². The molecule has 0 bridgehead atoms. The van der Waals surface area contributed by atoms with Gasteiger partial charge >= 0.3 is 0 Å². The molecule has 0 amide bonds. The quantitative estimate of drug-likeness (QED) is 0.372. The number of ether oxygens (including phenoxy) is 3. The Morgan fingerprint density at radius 2 is 2.07 bits per heavy atom. The lowest BCUT2D eigenvalue weighted by Gasteiger charge is -2.13. The zero-order valence-electron chi connectivity index (χ0n) is 8.91. The molecule has 0 radical (unpaired) electrons. The first-order valence-electron chi connectivity index (χ1n) is 4.87. The molecular formula is C11H18O3. The zero-order chi connectivity index (χ0) is 10.2. The van der Waals surface area contributed by atoms with Gasteiger partial charge in [0.1, 0.15) is 0 Å². The Hall–Kier alpha value is -0.800. The van der Waals surface area contributed by atoms with E-state index in [1.807, 2.05) is 0 Å². The van der Waals surface area contributed by atoms with Crippen LogP contribution in [-0.2, 0) is 14.2 Å². The fourth-order valence-corrected chi connectivity index (χ4v) is 1.15. The lowest BCUT2D eigenvalue weighted by Crippen LogP contribution is -2.06. The van der Waals surface area contributed by atoms with E-state index in [2.05, 4.69) is 19.1 Å². The van der Waals surface area contributed by atoms with Crippen molar-refractivity contribution in [2.75, 3.05) is 27.1 Å². The number of hydrogen-bond acceptors (Lipinski definition) is 3. The Morgan fingerprint density at radius 3 is 2.71 bits per heavy atom. The van der Waals surface area contributed by atoms with Crippen molar-refractivity contribution in [1.82, 2.24) is 0 Å². The van der Waals surface area contributed by atoms with Gasteiger partial charge in [-0.05, 0) is 19.4 Å². The smallest absolute Gasteiger partial charge is 0.188 e. The molecule has 0 N–H and O–H groups in total. The van der Waals surface area contributed by atoms with Crippen LogP contribution >= 0.6 is 0 Å². The highest BCUT2D eigenvalue weighted by molar-refractivity contribution is 5.16. The fourth-order valence-electron chi connectivity index (χ4n) is 1.15. The number of rotatable bonds is 6. The molecule has 0 heterocycles. The van der Waals surface area contributed by atoms with Crippen LogP contribution in [0.4, 0.5) is 0 Å². The monoisotopic (exact) mass is 198 g/mol. The number of hydrogen-bond donors (Lipinski definition) is 0. The summed E-state index contributed by atoms with van der Waals surface area (Å²) in [6.07, 6.45) is 6.17. The second kappa shape index (κ2) is 6.62. The maximum absolute atomic E-state index is 5.42. The predicted octanol–water partition coefficient (Wildman–Crippen LogP) is 2.25. The molecule has 0 unspecified atom stereocenters. The number of methoxy groups -OCH3 is 1. The van der Waals surface area contributed by atoms with Crippen molar-refractivity contribution in [2.45, 2.75) is 19.8 Å². The summed E-state index contributed by atoms with van der Waals surface area (Å²) in [5.41, 5.74) is 1.40. The second-order valence-electron chi connectivity index (χ2n) is 3.29. The standard InChI is InChI=1S/C11H18O3/c1-10-3-5-11(6-4-10)14-9-13-8-7-12-2/h3,6H,4-5,7-9H2,1-2H3. The van der Waals surface area contributed by atoms with Crippen LogP contribution < -0.4 is 0 Å². The van der Waals surface area contributed by atoms with Crippen molar-refractivity contribution in [3.8, 4) is 0 Å². The van der Waals surface area contributed by atoms with Gasteiger partial charge in [0.2, 0.25) is 0 Å². The van der Waals surface area contributed by atoms with Gasteiger partial charge in [0, 0.05) is 13.5 Å². The Kier molecular flexibility index (Phi) is 5.33. The molecule has 0 aromatic heterocycles. The SMILES string of the molecule is COCCOCOC1=CCC(C)=CC1. The molecule has 0 aromatic carbocycles. The highest BCUT2D eigenvalue weighted by atomic mass is 16.7. The van der Waals surface area contributed by atoms with Gasteiger partial charge in [0.25, 0.3) is 0 Å². The summed E-state index contributed by atoms with van der Waals surface area (Å²) in [5, 5.41) is 0. The molecule has 3 heteroatoms. The van der Waals surface area contributed by atoms with E-state index in [9.17, 15) is 0 Å². The van der Waals surface area contributed by atoms with Gasteiger partial charge in [-0.3, -0.25) is 0 Å². The molecule has 0 saturated carbocycles. The summed E-state index contributed by atoms with van der Waals surface area (Å²) in [7, 11) is 1.65. The van der Waals surface area contributed by atoms with Crippen molar-refractivity contribution in [3.63, 3.8) is 0 Å². The van der Waals surface area contributed by atoms with Crippen molar-refractivity contribution >= 4 is 0 Å². The molecule has 0 spiro atoms. The molecule has 14 heavy (non-hydrogen) atoms. The molecule has 0 saturated heterocycles. The van der Waals surface area contributed by atoms with Crippen LogP contribution in [0.15, 0.2) is 23.5 Å². The topological polar surface area (TPSA) is 27.7 Å². The zero-order valence-corrected chi connectivity index (χ0v) is 8.91. The van der Waals surface area contributed by atoms with E-state index in [-0.39, 0.29) is 0 Å². The molecule has 0 aliphatic heterocycles. The van der Waals surface area contributed by atoms with E-state index in [1.54, 1.807) is 7.11 Å². The molecular weight excluding hydrogens is 180 g/mol. The lowest BCUT2D eigenvalue weighted by molar-refractivity contribution is -0.0409. The van der Waals surface area contributed by atoms with Crippen LogP contribution in [0.2, 0.25) is 0 Å². The Labute approximate surface area is 85.3 Å². The van der Waals surface area contributed by atoms with Crippen LogP contribution in [0.5, 0.6) is 0 Å². The van der Waals surface area contributed by atoms with Crippen molar-refractivity contribution < 1.29 is 14.2 Å². The van der Waals surface area contributed by atoms with E-state index >= 15 is 0 Å². The fraction of sp³-hybridized carbons (Fsp3) is 0.636. The summed E-state index contributed by atoms with van der Waals surface area (Å²) < 4.78 is 15.5. The Balaban J connectivity index is 2.02. The van der Waals surface area contributed by atoms with Gasteiger partial charge in [-0.25, -0.2) is 0 Å². The molecule has 0 atom stereocenters. The van der Waals surface area contributed by atoms with E-state index in [0.717, 1.165) is 18.6 Å². The first-order chi connectivity index (χ1) is 6.83. The third-order valence-corrected chi connectivity index (χ3v) is 2.06. The third-order valence-electron chi connectivity index (χ3n) is 2.06. The first-order valence-corrected chi connectivity index (χ1v) is 4.87. The lowest BCUT2D eigenvalue weighted by atomic mass is 10.1. The largest absolute Gasteiger partial charge is 0.472 e. The number of allylic oxidation sites excluding steroid dienone is 3. The summed E-state index contributed by atoms with van der Waals surface area (Å²) >= 11 is 0. The molecule has 0 aromatic rings. The highest BCUT2D eigenvalue weighted by Crippen LogP contribution is 2.17. The van der Waals surface area contributed by atoms with Crippen molar-refractivity contribution in [3.05, 3.63) is 23.5 Å². The van der Waals surface area contributed by atoms with E-state index in [4.69, 9.17) is 14.2 Å². The molecule has 1 aliphatic carbocycles. The van der Waals surface area contributed by atoms with Crippen LogP contribution in [-0.4, -0.2) is 27.1 Å². The Bertz CT molecular complexity index is 219. The minimum atomic E-state index is 0.322. The minimum Gasteiger partial charge on any atom is -0.472 e. The summed E-state index contributed by atoms with van der Waals surface area (Å²) in [6.45, 7) is 3.64. The van der Waals surface area contributed by atoms with E-state index in [1.165, 1.54) is 5.57 Å². The van der Waals surface area contributed by atoms with E-state index < -0.39 is 0 Å². The van der Waals surface area contributed by atoms with Gasteiger partial charge in [-0.2, -0.15) is 0 Å². The minimum absolute atomic E-state index is 0.322. The van der Waals surface area contributed by atoms with Gasteiger partial charge in [0.15, 0.2) is 6.79 Å². The predicted molar refractivity (Wildman–Crippen MR) is 54.9 cm³/mol. The second-order valence-corrected chi connectivity index (χ2v) is 3.29. The van der Waals surface area contributed by atoms with Gasteiger partial charge in [-0.15, -0.1) is 0 Å². The average molecular weight is 198 g/mol. The molecule has 0 fully saturated rings. The Morgan fingerprint density at radius 1 is 1.21 bits per heavy atom. The van der Waals surface area contributed by atoms with Crippen molar-refractivity contribution in [2.24, 2.45) is 0 Å². The van der Waals surface area contributed by atoms with Crippen LogP contribution in [0, 0.1) is 0 Å². The highest BCUT2D eigenvalue weighted by Gasteiger charge is 2.02. The summed E-state index contributed by atoms with van der Waals surface area (Å²) in [4.78, 5) is 0. The maximum Gasteiger partial charge on any atom is 0.188 e. The first kappa shape index (κ1) is 11.3. The van der Waals surface area contributed by atoms with Crippen LogP contribution in [0.25, 0.3) is 0 Å². The van der Waals surface area contributed by atoms with Crippen molar-refractivity contribution in [1.29, 1.82) is 0 Å². The van der Waals surface area contributed by atoms with Gasteiger partial charge in [-0.1, -0.05) is 11.6 Å². The van der Waals surface area contributed by atoms with Gasteiger partial charge < -0.3 is 14.2 Å². The maximum atomic E-state index is 5.42. The molecule has 3 nitrogen and oxygen atoms in total. The molecule has 1 aliphatic rings. The normalized spacial score (nSPS) is 16.1. The van der Waals surface area contributed by atoms with Crippen LogP contribution in [0.1, 0.15) is 19.8 Å². The molecule has 1 rings (SSSR count). The van der Waals surface area contributed by atoms with Gasteiger partial charge in [0.05, 0.1) is 19.0 Å². The third kappa shape index (κ3) is 4.44. The summed E-state index contributed by atoms with van der Waals surface area (Å²) in [6, 6.07) is 0. The summed E-state index contributed by atoms with van der Waals surface area (Å²) in [5.74, 6) is 1.01. The molecule has 80 valence electrons.